The molecular formula is C32H28ClFN6O7S2. The van der Waals surface area contributed by atoms with Gasteiger partial charge in [-0.05, 0) is 36.4 Å². The molecule has 0 unspecified atom stereocenters. The molecule has 13 nitrogen and oxygen atoms in total. The van der Waals surface area contributed by atoms with E-state index in [1.807, 2.05) is 26.8 Å². The van der Waals surface area contributed by atoms with Crippen LogP contribution in [0, 0.1) is 17.1 Å². The molecule has 0 saturated heterocycles. The molecule has 1 N–H and O–H groups in total. The highest BCUT2D eigenvalue weighted by atomic mass is 35.5. The number of anilines is 1. The van der Waals surface area contributed by atoms with Crippen LogP contribution in [-0.4, -0.2) is 53.0 Å². The molecule has 5 aromatic rings. The Kier molecular flexibility index (Phi) is 9.81. The van der Waals surface area contributed by atoms with Gasteiger partial charge < -0.3 is 19.3 Å². The van der Waals surface area contributed by atoms with E-state index in [9.17, 15) is 28.0 Å². The van der Waals surface area contributed by atoms with Crippen molar-refractivity contribution in [3.8, 4) is 40.2 Å². The molecule has 254 valence electrons. The Labute approximate surface area is 289 Å². The smallest absolute Gasteiger partial charge is 0.432 e. The van der Waals surface area contributed by atoms with Crippen LogP contribution in [-0.2, 0) is 22.0 Å². The van der Waals surface area contributed by atoms with Gasteiger partial charge in [-0.3, -0.25) is 0 Å². The number of sulfonamides is 1. The molecule has 3 aromatic carbocycles. The van der Waals surface area contributed by atoms with Crippen LogP contribution in [0.4, 0.5) is 14.3 Å². The van der Waals surface area contributed by atoms with E-state index in [0.29, 0.717) is 28.3 Å². The van der Waals surface area contributed by atoms with E-state index in [4.69, 9.17) is 25.8 Å². The minimum Gasteiger partial charge on any atom is -0.497 e. The lowest BCUT2D eigenvalue weighted by atomic mass is 9.87. The topological polar surface area (TPSA) is 170 Å². The predicted octanol–water partition coefficient (Wildman–Crippen LogP) is 7.09. The summed E-state index contributed by atoms with van der Waals surface area (Å²) >= 11 is 7.00. The van der Waals surface area contributed by atoms with E-state index < -0.39 is 27.3 Å². The van der Waals surface area contributed by atoms with Gasteiger partial charge in [0.25, 0.3) is 10.0 Å². The first-order chi connectivity index (χ1) is 23.2. The summed E-state index contributed by atoms with van der Waals surface area (Å²) in [5.41, 5.74) is 0.497. The highest BCUT2D eigenvalue weighted by Crippen LogP contribution is 2.42. The minimum absolute atomic E-state index is 0.0644. The van der Waals surface area contributed by atoms with Gasteiger partial charge in [-0.2, -0.15) is 19.4 Å². The summed E-state index contributed by atoms with van der Waals surface area (Å²) in [6.45, 7) is 5.26. The first-order valence-corrected chi connectivity index (χ1v) is 16.8. The fourth-order valence-corrected chi connectivity index (χ4v) is 7.13. The first kappa shape index (κ1) is 35.1. The Morgan fingerprint density at radius 3 is 2.45 bits per heavy atom. The maximum Gasteiger partial charge on any atom is 0.432 e. The van der Waals surface area contributed by atoms with Crippen molar-refractivity contribution in [2.75, 3.05) is 18.5 Å². The number of carboxylic acid groups (broad SMARTS) is 1. The lowest BCUT2D eigenvalue weighted by Crippen LogP contribution is -2.30. The summed E-state index contributed by atoms with van der Waals surface area (Å²) in [6.07, 6.45) is 1.13. The second kappa shape index (κ2) is 13.7. The third-order valence-corrected chi connectivity index (χ3v) is 10.0. The van der Waals surface area contributed by atoms with E-state index in [1.54, 1.807) is 18.2 Å². The van der Waals surface area contributed by atoms with Crippen molar-refractivity contribution in [2.45, 2.75) is 37.6 Å². The standard InChI is InChI=1S/C32H28ClFN6O7S2/c1-32(2,3)29-23(16-39(38-29)31(41)42)22-12-24(33)25(34)13-28(22)47-26-9-8-21(10-19(26)14-35)49(43,44)40(30-36-17-37-48-30)15-18-6-7-20(45-4)11-27(18)46-5/h6-13,16-17H,15H2,1-5H3,(H,41,42). The van der Waals surface area contributed by atoms with Gasteiger partial charge in [0.05, 0.1) is 41.9 Å². The molecular weight excluding hydrogens is 699 g/mol. The third kappa shape index (κ3) is 7.14. The quantitative estimate of drug-likeness (QED) is 0.156. The van der Waals surface area contributed by atoms with E-state index in [0.717, 1.165) is 32.7 Å². The van der Waals surface area contributed by atoms with Crippen LogP contribution >= 0.6 is 23.1 Å². The number of methoxy groups -OCH3 is 2. The fraction of sp³-hybridized carbons (Fsp3) is 0.219. The number of nitriles is 1. The van der Waals surface area contributed by atoms with Crippen molar-refractivity contribution in [1.82, 2.24) is 19.1 Å². The van der Waals surface area contributed by atoms with Crippen molar-refractivity contribution < 1.29 is 36.9 Å². The molecule has 0 saturated carbocycles. The predicted molar refractivity (Wildman–Crippen MR) is 179 cm³/mol. The van der Waals surface area contributed by atoms with Crippen LogP contribution in [0.15, 0.2) is 66.0 Å². The summed E-state index contributed by atoms with van der Waals surface area (Å²) < 4.78 is 65.6. The van der Waals surface area contributed by atoms with Gasteiger partial charge in [0.2, 0.25) is 5.13 Å². The van der Waals surface area contributed by atoms with Gasteiger partial charge in [-0.25, -0.2) is 26.9 Å². The number of halogens is 2. The Morgan fingerprint density at radius 1 is 1.08 bits per heavy atom. The van der Waals surface area contributed by atoms with E-state index >= 15 is 0 Å². The SMILES string of the molecule is COc1ccc(CN(c2ncns2)S(=O)(=O)c2ccc(Oc3cc(F)c(Cl)cc3-c3cn(C(=O)O)nc3C(C)(C)C)c(C#N)c2)c(OC)c1. The fourth-order valence-electron chi connectivity index (χ4n) is 4.81. The Balaban J connectivity index is 1.57. The zero-order valence-corrected chi connectivity index (χ0v) is 29.0. The lowest BCUT2D eigenvalue weighted by Gasteiger charge is -2.23. The van der Waals surface area contributed by atoms with Gasteiger partial charge in [-0.1, -0.05) is 32.4 Å². The second-order valence-electron chi connectivity index (χ2n) is 11.4. The third-order valence-electron chi connectivity index (χ3n) is 7.18. The van der Waals surface area contributed by atoms with Gasteiger partial charge >= 0.3 is 6.09 Å². The largest absolute Gasteiger partial charge is 0.497 e. The average Bonchev–Trinajstić information content (AvgIpc) is 3.76. The zero-order chi connectivity index (χ0) is 35.7. The maximum atomic E-state index is 14.8. The van der Waals surface area contributed by atoms with Crippen molar-refractivity contribution in [3.63, 3.8) is 0 Å². The van der Waals surface area contributed by atoms with E-state index in [-0.39, 0.29) is 44.2 Å². The van der Waals surface area contributed by atoms with Gasteiger partial charge in [0.15, 0.2) is 0 Å². The molecule has 49 heavy (non-hydrogen) atoms. The Morgan fingerprint density at radius 2 is 1.84 bits per heavy atom. The van der Waals surface area contributed by atoms with Crippen LogP contribution in [0.5, 0.6) is 23.0 Å². The molecule has 0 spiro atoms. The molecule has 0 aliphatic heterocycles. The molecule has 2 aromatic heterocycles. The van der Waals surface area contributed by atoms with E-state index in [2.05, 4.69) is 14.5 Å². The Bertz CT molecular complexity index is 2200. The van der Waals surface area contributed by atoms with Crippen molar-refractivity contribution in [3.05, 3.63) is 88.7 Å². The van der Waals surface area contributed by atoms with Crippen molar-refractivity contribution >= 4 is 44.4 Å². The first-order valence-electron chi connectivity index (χ1n) is 14.2. The zero-order valence-electron chi connectivity index (χ0n) is 26.6. The second-order valence-corrected chi connectivity index (χ2v) is 14.4. The number of ether oxygens (including phenoxy) is 3. The number of benzene rings is 3. The van der Waals surface area contributed by atoms with Crippen molar-refractivity contribution in [1.29, 1.82) is 5.26 Å². The summed E-state index contributed by atoms with van der Waals surface area (Å²) in [6, 6.07) is 12.8. The molecule has 0 radical (unpaired) electrons. The summed E-state index contributed by atoms with van der Waals surface area (Å²) in [5.74, 6) is -0.185. The number of aromatic nitrogens is 4. The number of rotatable bonds is 10. The van der Waals surface area contributed by atoms with Crippen LogP contribution in [0.3, 0.4) is 0 Å². The lowest BCUT2D eigenvalue weighted by molar-refractivity contribution is 0.192. The molecule has 17 heteroatoms. The van der Waals surface area contributed by atoms with Crippen LogP contribution < -0.4 is 18.5 Å². The molecule has 0 atom stereocenters. The van der Waals surface area contributed by atoms with E-state index in [1.165, 1.54) is 44.9 Å². The molecule has 0 aliphatic rings. The highest BCUT2D eigenvalue weighted by molar-refractivity contribution is 7.93. The summed E-state index contributed by atoms with van der Waals surface area (Å²) in [7, 11) is -1.43. The minimum atomic E-state index is -4.37. The van der Waals surface area contributed by atoms with Crippen LogP contribution in [0.25, 0.3) is 11.1 Å². The number of nitrogens with zero attached hydrogens (tertiary/aromatic N) is 6. The monoisotopic (exact) mass is 726 g/mol. The molecule has 0 bridgehead atoms. The molecule has 0 amide bonds. The maximum absolute atomic E-state index is 14.8. The van der Waals surface area contributed by atoms with Crippen LogP contribution in [0.1, 0.15) is 37.6 Å². The van der Waals surface area contributed by atoms with Gasteiger partial charge in [-0.15, -0.1) is 0 Å². The van der Waals surface area contributed by atoms with Gasteiger partial charge in [0, 0.05) is 52.0 Å². The number of hydrogen-bond donors (Lipinski definition) is 1. The number of carbonyl (C=O) groups is 1. The molecule has 2 heterocycles. The number of hydrogen-bond acceptors (Lipinski definition) is 11. The van der Waals surface area contributed by atoms with Crippen molar-refractivity contribution in [2.24, 2.45) is 0 Å². The summed E-state index contributed by atoms with van der Waals surface area (Å²) in [5, 5.41) is 23.7. The van der Waals surface area contributed by atoms with Gasteiger partial charge in [0.1, 0.15) is 41.2 Å². The normalized spacial score (nSPS) is 11.6. The highest BCUT2D eigenvalue weighted by Gasteiger charge is 2.31. The Hall–Kier alpha value is -5.24. The molecule has 5 rings (SSSR count). The average molecular weight is 727 g/mol. The molecule has 0 fully saturated rings. The van der Waals surface area contributed by atoms with Crippen LogP contribution in [0.2, 0.25) is 5.02 Å². The molecule has 0 aliphatic carbocycles. The summed E-state index contributed by atoms with van der Waals surface area (Å²) in [4.78, 5) is 15.6.